The molecule has 1 unspecified atom stereocenters. The van der Waals surface area contributed by atoms with Crippen LogP contribution < -0.4 is 0 Å². The molecule has 1 atom stereocenters. The largest absolute Gasteiger partial charge is 0.466 e. The predicted octanol–water partition coefficient (Wildman–Crippen LogP) is 2.82. The Morgan fingerprint density at radius 2 is 2.21 bits per heavy atom. The number of hydrogen-bond donors (Lipinski definition) is 0. The number of piperidine rings is 1. The molecule has 0 radical (unpaired) electrons. The van der Waals surface area contributed by atoms with Gasteiger partial charge < -0.3 is 9.64 Å². The Kier molecular flexibility index (Phi) is 4.89. The number of carbonyl (C=O) groups is 2. The van der Waals surface area contributed by atoms with Crippen LogP contribution >= 0.6 is 15.9 Å². The van der Waals surface area contributed by atoms with Crippen LogP contribution in [0, 0.1) is 12.8 Å². The highest BCUT2D eigenvalue weighted by Gasteiger charge is 2.31. The van der Waals surface area contributed by atoms with Crippen LogP contribution in [0.25, 0.3) is 5.65 Å². The minimum Gasteiger partial charge on any atom is -0.466 e. The van der Waals surface area contributed by atoms with Crippen molar-refractivity contribution in [2.24, 2.45) is 5.92 Å². The molecule has 6 nitrogen and oxygen atoms in total. The first kappa shape index (κ1) is 17.0. The van der Waals surface area contributed by atoms with E-state index in [0.717, 1.165) is 23.0 Å². The van der Waals surface area contributed by atoms with E-state index in [1.807, 2.05) is 25.3 Å². The average Bonchev–Trinajstić information content (AvgIpc) is 2.89. The summed E-state index contributed by atoms with van der Waals surface area (Å²) in [6.45, 7) is 5.04. The van der Waals surface area contributed by atoms with E-state index in [9.17, 15) is 9.59 Å². The number of carbonyl (C=O) groups excluding carboxylic acids is 2. The monoisotopic (exact) mass is 393 g/mol. The molecule has 0 N–H and O–H groups in total. The zero-order chi connectivity index (χ0) is 17.3. The number of likely N-dealkylation sites (tertiary alicyclic amines) is 1. The molecule has 1 aliphatic heterocycles. The second-order valence-electron chi connectivity index (χ2n) is 5.96. The van der Waals surface area contributed by atoms with E-state index in [1.54, 1.807) is 16.2 Å². The molecule has 3 rings (SSSR count). The Morgan fingerprint density at radius 1 is 1.42 bits per heavy atom. The summed E-state index contributed by atoms with van der Waals surface area (Å²) in [4.78, 5) is 31.2. The molecule has 0 spiro atoms. The van der Waals surface area contributed by atoms with Gasteiger partial charge in [-0.3, -0.25) is 14.0 Å². The highest BCUT2D eigenvalue weighted by atomic mass is 79.9. The van der Waals surface area contributed by atoms with Crippen LogP contribution in [0.15, 0.2) is 22.8 Å². The van der Waals surface area contributed by atoms with Gasteiger partial charge in [0, 0.05) is 23.8 Å². The van der Waals surface area contributed by atoms with Gasteiger partial charge in [0.1, 0.15) is 11.3 Å². The van der Waals surface area contributed by atoms with Gasteiger partial charge in [-0.15, -0.1) is 0 Å². The third-order valence-corrected chi connectivity index (χ3v) is 4.76. The summed E-state index contributed by atoms with van der Waals surface area (Å²) in [6, 6.07) is 3.76. The van der Waals surface area contributed by atoms with E-state index >= 15 is 0 Å². The first-order valence-corrected chi connectivity index (χ1v) is 8.90. The standard InChI is InChI=1S/C17H20BrN3O3/c1-3-24-17(23)12-5-4-8-20(9-12)16(22)15-11(2)19-14-7-6-13(18)10-21(14)15/h6-7,10,12H,3-5,8-9H2,1-2H3. The van der Waals surface area contributed by atoms with Crippen molar-refractivity contribution in [2.45, 2.75) is 26.7 Å². The second-order valence-corrected chi connectivity index (χ2v) is 6.88. The lowest BCUT2D eigenvalue weighted by Crippen LogP contribution is -2.43. The highest BCUT2D eigenvalue weighted by molar-refractivity contribution is 9.10. The number of esters is 1. The van der Waals surface area contributed by atoms with Crippen molar-refractivity contribution in [2.75, 3.05) is 19.7 Å². The first-order valence-electron chi connectivity index (χ1n) is 8.11. The second kappa shape index (κ2) is 6.93. The van der Waals surface area contributed by atoms with Gasteiger partial charge in [-0.1, -0.05) is 0 Å². The maximum Gasteiger partial charge on any atom is 0.310 e. The smallest absolute Gasteiger partial charge is 0.310 e. The van der Waals surface area contributed by atoms with Gasteiger partial charge in [-0.05, 0) is 54.8 Å². The Balaban J connectivity index is 1.87. The zero-order valence-electron chi connectivity index (χ0n) is 13.8. The van der Waals surface area contributed by atoms with Crippen molar-refractivity contribution < 1.29 is 14.3 Å². The van der Waals surface area contributed by atoms with Gasteiger partial charge in [0.2, 0.25) is 0 Å². The Labute approximate surface area is 148 Å². The van der Waals surface area contributed by atoms with Crippen LogP contribution in [-0.2, 0) is 9.53 Å². The molecule has 2 aromatic heterocycles. The Hall–Kier alpha value is -1.89. The number of aromatic nitrogens is 2. The molecule has 1 aliphatic rings. The maximum atomic E-state index is 13.0. The molecule has 128 valence electrons. The molecule has 1 saturated heterocycles. The minimum absolute atomic E-state index is 0.0906. The molecular weight excluding hydrogens is 374 g/mol. The third kappa shape index (κ3) is 3.17. The fourth-order valence-corrected chi connectivity index (χ4v) is 3.49. The summed E-state index contributed by atoms with van der Waals surface area (Å²) in [5.41, 5.74) is 1.98. The first-order chi connectivity index (χ1) is 11.5. The van der Waals surface area contributed by atoms with Crippen molar-refractivity contribution in [3.63, 3.8) is 0 Å². The van der Waals surface area contributed by atoms with Crippen molar-refractivity contribution in [3.8, 4) is 0 Å². The molecule has 3 heterocycles. The molecule has 7 heteroatoms. The van der Waals surface area contributed by atoms with E-state index < -0.39 is 0 Å². The Morgan fingerprint density at radius 3 is 2.96 bits per heavy atom. The molecule has 24 heavy (non-hydrogen) atoms. The van der Waals surface area contributed by atoms with Crippen LogP contribution in [0.1, 0.15) is 35.9 Å². The fraction of sp³-hybridized carbons (Fsp3) is 0.471. The van der Waals surface area contributed by atoms with Gasteiger partial charge in [0.25, 0.3) is 5.91 Å². The summed E-state index contributed by atoms with van der Waals surface area (Å²) in [6.07, 6.45) is 3.41. The van der Waals surface area contributed by atoms with Crippen LogP contribution in [0.4, 0.5) is 0 Å². The third-order valence-electron chi connectivity index (χ3n) is 4.29. The summed E-state index contributed by atoms with van der Waals surface area (Å²) < 4.78 is 7.79. The lowest BCUT2D eigenvalue weighted by atomic mass is 9.98. The summed E-state index contributed by atoms with van der Waals surface area (Å²) >= 11 is 3.43. The van der Waals surface area contributed by atoms with Crippen molar-refractivity contribution in [1.29, 1.82) is 0 Å². The van der Waals surface area contributed by atoms with E-state index in [4.69, 9.17) is 4.74 Å². The lowest BCUT2D eigenvalue weighted by molar-refractivity contribution is -0.149. The van der Waals surface area contributed by atoms with Crippen molar-refractivity contribution >= 4 is 33.5 Å². The van der Waals surface area contributed by atoms with Gasteiger partial charge in [0.05, 0.1) is 18.2 Å². The van der Waals surface area contributed by atoms with Gasteiger partial charge in [-0.25, -0.2) is 4.98 Å². The van der Waals surface area contributed by atoms with Crippen molar-refractivity contribution in [3.05, 3.63) is 34.2 Å². The molecule has 1 amide bonds. The van der Waals surface area contributed by atoms with E-state index in [0.29, 0.717) is 31.1 Å². The molecule has 0 bridgehead atoms. The molecular formula is C17H20BrN3O3. The van der Waals surface area contributed by atoms with Gasteiger partial charge >= 0.3 is 5.97 Å². The quantitative estimate of drug-likeness (QED) is 0.752. The summed E-state index contributed by atoms with van der Waals surface area (Å²) in [7, 11) is 0. The number of ether oxygens (including phenoxy) is 1. The SMILES string of the molecule is CCOC(=O)C1CCCN(C(=O)c2c(C)nc3ccc(Br)cn23)C1. The van der Waals surface area contributed by atoms with Crippen LogP contribution in [0.5, 0.6) is 0 Å². The molecule has 1 fully saturated rings. The maximum absolute atomic E-state index is 13.0. The number of fused-ring (bicyclic) bond motifs is 1. The van der Waals surface area contributed by atoms with Crippen LogP contribution in [0.3, 0.4) is 0 Å². The van der Waals surface area contributed by atoms with Gasteiger partial charge in [0.15, 0.2) is 0 Å². The number of imidazole rings is 1. The number of amides is 1. The topological polar surface area (TPSA) is 63.9 Å². The van der Waals surface area contributed by atoms with Crippen LogP contribution in [0.2, 0.25) is 0 Å². The number of halogens is 1. The molecule has 0 aromatic carbocycles. The Bertz CT molecular complexity index is 787. The lowest BCUT2D eigenvalue weighted by Gasteiger charge is -2.31. The van der Waals surface area contributed by atoms with E-state index in [2.05, 4.69) is 20.9 Å². The number of aryl methyl sites for hydroxylation is 1. The molecule has 0 aliphatic carbocycles. The number of hydrogen-bond acceptors (Lipinski definition) is 4. The van der Waals surface area contributed by atoms with E-state index in [-0.39, 0.29) is 17.8 Å². The zero-order valence-corrected chi connectivity index (χ0v) is 15.4. The predicted molar refractivity (Wildman–Crippen MR) is 92.9 cm³/mol. The normalized spacial score (nSPS) is 18.0. The van der Waals surface area contributed by atoms with E-state index in [1.165, 1.54) is 0 Å². The highest BCUT2D eigenvalue weighted by Crippen LogP contribution is 2.23. The average molecular weight is 394 g/mol. The molecule has 0 saturated carbocycles. The fourth-order valence-electron chi connectivity index (χ4n) is 3.16. The minimum atomic E-state index is -0.242. The van der Waals surface area contributed by atoms with Crippen LogP contribution in [-0.4, -0.2) is 45.9 Å². The van der Waals surface area contributed by atoms with Crippen molar-refractivity contribution in [1.82, 2.24) is 14.3 Å². The van der Waals surface area contributed by atoms with Gasteiger partial charge in [-0.2, -0.15) is 0 Å². The number of rotatable bonds is 3. The summed E-state index contributed by atoms with van der Waals surface area (Å²) in [5, 5.41) is 0. The number of nitrogens with zero attached hydrogens (tertiary/aromatic N) is 3. The summed E-state index contributed by atoms with van der Waals surface area (Å²) in [5.74, 6) is -0.548. The number of pyridine rings is 1. The molecule has 2 aromatic rings.